The lowest BCUT2D eigenvalue weighted by Gasteiger charge is -2.32. The van der Waals surface area contributed by atoms with Gasteiger partial charge in [0.05, 0.1) is 17.8 Å². The van der Waals surface area contributed by atoms with Gasteiger partial charge in [-0.2, -0.15) is 0 Å². The Hall–Kier alpha value is -3.19. The number of amides is 3. The van der Waals surface area contributed by atoms with E-state index in [4.69, 9.17) is 0 Å². The summed E-state index contributed by atoms with van der Waals surface area (Å²) in [5, 5.41) is 8.82. The second-order valence-electron chi connectivity index (χ2n) is 8.91. The van der Waals surface area contributed by atoms with E-state index in [2.05, 4.69) is 20.9 Å². The predicted octanol–water partition coefficient (Wildman–Crippen LogP) is 3.04. The van der Waals surface area contributed by atoms with Gasteiger partial charge in [0.2, 0.25) is 11.8 Å². The van der Waals surface area contributed by atoms with Crippen molar-refractivity contribution in [1.29, 1.82) is 0 Å². The summed E-state index contributed by atoms with van der Waals surface area (Å²) in [6, 6.07) is 16.7. The number of nitrogens with zero attached hydrogens (tertiary/aromatic N) is 1. The van der Waals surface area contributed by atoms with Crippen LogP contribution in [0, 0.1) is 11.8 Å². The van der Waals surface area contributed by atoms with Crippen LogP contribution in [0.2, 0.25) is 0 Å². The summed E-state index contributed by atoms with van der Waals surface area (Å²) in [6.45, 7) is 6.70. The van der Waals surface area contributed by atoms with Crippen molar-refractivity contribution in [2.24, 2.45) is 11.8 Å². The van der Waals surface area contributed by atoms with E-state index < -0.39 is 0 Å². The number of benzene rings is 2. The summed E-state index contributed by atoms with van der Waals surface area (Å²) < 4.78 is 0. The smallest absolute Gasteiger partial charge is 0.253 e. The van der Waals surface area contributed by atoms with Gasteiger partial charge in [0.15, 0.2) is 0 Å². The molecular formula is C26H34N4O3. The van der Waals surface area contributed by atoms with Crippen molar-refractivity contribution in [1.82, 2.24) is 15.5 Å². The molecule has 2 aromatic rings. The normalized spacial score (nSPS) is 16.3. The molecule has 0 aliphatic carbocycles. The van der Waals surface area contributed by atoms with E-state index in [1.807, 2.05) is 44.2 Å². The van der Waals surface area contributed by atoms with Gasteiger partial charge in [-0.05, 0) is 43.0 Å². The molecule has 176 valence electrons. The summed E-state index contributed by atoms with van der Waals surface area (Å²) in [7, 11) is 0. The van der Waals surface area contributed by atoms with Crippen molar-refractivity contribution < 1.29 is 14.4 Å². The van der Waals surface area contributed by atoms with Crippen LogP contribution in [-0.4, -0.2) is 48.8 Å². The third kappa shape index (κ3) is 7.71. The maximum atomic E-state index is 12.7. The molecule has 3 N–H and O–H groups in total. The average molecular weight is 451 g/mol. The number of carbonyl (C=O) groups is 3. The van der Waals surface area contributed by atoms with Crippen molar-refractivity contribution in [3.63, 3.8) is 0 Å². The lowest BCUT2D eigenvalue weighted by atomic mass is 9.97. The van der Waals surface area contributed by atoms with Crippen LogP contribution in [-0.2, 0) is 16.1 Å². The molecule has 0 saturated carbocycles. The van der Waals surface area contributed by atoms with Gasteiger partial charge in [0.25, 0.3) is 5.91 Å². The third-order valence-electron chi connectivity index (χ3n) is 5.80. The molecule has 1 heterocycles. The fraction of sp³-hybridized carbons (Fsp3) is 0.423. The van der Waals surface area contributed by atoms with Gasteiger partial charge < -0.3 is 16.0 Å². The molecule has 0 radical (unpaired) electrons. The Kier molecular flexibility index (Phi) is 9.01. The highest BCUT2D eigenvalue weighted by atomic mass is 16.2. The van der Waals surface area contributed by atoms with E-state index in [1.54, 1.807) is 24.3 Å². The van der Waals surface area contributed by atoms with Crippen LogP contribution in [0.25, 0.3) is 0 Å². The summed E-state index contributed by atoms with van der Waals surface area (Å²) in [6.07, 6.45) is 2.04. The summed E-state index contributed by atoms with van der Waals surface area (Å²) in [5.74, 6) is -0.00314. The van der Waals surface area contributed by atoms with E-state index >= 15 is 0 Å². The molecule has 1 aliphatic rings. The zero-order chi connectivity index (χ0) is 23.6. The van der Waals surface area contributed by atoms with E-state index in [-0.39, 0.29) is 30.2 Å². The molecule has 0 spiro atoms. The Balaban J connectivity index is 1.52. The number of hydrogen-bond acceptors (Lipinski definition) is 4. The van der Waals surface area contributed by atoms with Gasteiger partial charge >= 0.3 is 0 Å². The number of rotatable bonds is 9. The topological polar surface area (TPSA) is 90.5 Å². The molecule has 2 aromatic carbocycles. The molecule has 0 aromatic heterocycles. The molecule has 0 bridgehead atoms. The summed E-state index contributed by atoms with van der Waals surface area (Å²) in [5.41, 5.74) is 1.96. The zero-order valence-electron chi connectivity index (χ0n) is 19.5. The van der Waals surface area contributed by atoms with Gasteiger partial charge in [0.1, 0.15) is 0 Å². The average Bonchev–Trinajstić information content (AvgIpc) is 2.82. The van der Waals surface area contributed by atoms with E-state index in [1.165, 1.54) is 0 Å². The van der Waals surface area contributed by atoms with Crippen LogP contribution in [0.5, 0.6) is 0 Å². The van der Waals surface area contributed by atoms with Crippen LogP contribution in [0.15, 0.2) is 54.6 Å². The molecule has 7 heteroatoms. The lowest BCUT2D eigenvalue weighted by molar-refractivity contribution is -0.124. The van der Waals surface area contributed by atoms with Crippen LogP contribution in [0.3, 0.4) is 0 Å². The number of para-hydroxylation sites is 1. The number of likely N-dealkylation sites (tertiary alicyclic amines) is 1. The van der Waals surface area contributed by atoms with Crippen LogP contribution < -0.4 is 16.0 Å². The molecule has 33 heavy (non-hydrogen) atoms. The number of piperidine rings is 1. The molecule has 1 fully saturated rings. The first-order valence-electron chi connectivity index (χ1n) is 11.6. The Morgan fingerprint density at radius 2 is 1.73 bits per heavy atom. The maximum Gasteiger partial charge on any atom is 0.253 e. The standard InChI is InChI=1S/C26H34N4O3/c1-19(2)25(32)27-16-21-11-8-14-30(17-21)18-24(31)29-23-13-7-6-12-22(23)26(33)28-15-20-9-4-3-5-10-20/h3-7,9-10,12-13,19,21H,8,11,14-18H2,1-2H3,(H,27,32)(H,28,33)(H,29,31). The zero-order valence-corrected chi connectivity index (χ0v) is 19.5. The molecular weight excluding hydrogens is 416 g/mol. The highest BCUT2D eigenvalue weighted by Crippen LogP contribution is 2.18. The van der Waals surface area contributed by atoms with Crippen LogP contribution >= 0.6 is 0 Å². The van der Waals surface area contributed by atoms with Gasteiger partial charge in [-0.3, -0.25) is 19.3 Å². The number of carbonyl (C=O) groups excluding carboxylic acids is 3. The van der Waals surface area contributed by atoms with Crippen molar-refractivity contribution in [3.05, 3.63) is 65.7 Å². The first-order valence-corrected chi connectivity index (χ1v) is 11.6. The van der Waals surface area contributed by atoms with Crippen molar-refractivity contribution in [3.8, 4) is 0 Å². The third-order valence-corrected chi connectivity index (χ3v) is 5.80. The number of hydrogen-bond donors (Lipinski definition) is 3. The number of nitrogens with one attached hydrogen (secondary N) is 3. The Morgan fingerprint density at radius 1 is 1.00 bits per heavy atom. The SMILES string of the molecule is CC(C)C(=O)NCC1CCCN(CC(=O)Nc2ccccc2C(=O)NCc2ccccc2)C1. The fourth-order valence-electron chi connectivity index (χ4n) is 3.97. The Labute approximate surface area is 195 Å². The van der Waals surface area contributed by atoms with Crippen molar-refractivity contribution in [2.45, 2.75) is 33.2 Å². The molecule has 3 amide bonds. The van der Waals surface area contributed by atoms with Crippen molar-refractivity contribution >= 4 is 23.4 Å². The molecule has 1 unspecified atom stereocenters. The highest BCUT2D eigenvalue weighted by molar-refractivity contribution is 6.04. The molecule has 3 rings (SSSR count). The van der Waals surface area contributed by atoms with Gasteiger partial charge in [-0.15, -0.1) is 0 Å². The predicted molar refractivity (Wildman–Crippen MR) is 130 cm³/mol. The number of anilines is 1. The quantitative estimate of drug-likeness (QED) is 0.548. The Bertz CT molecular complexity index is 946. The molecule has 1 aliphatic heterocycles. The van der Waals surface area contributed by atoms with Crippen molar-refractivity contribution in [2.75, 3.05) is 31.5 Å². The lowest BCUT2D eigenvalue weighted by Crippen LogP contribution is -2.44. The van der Waals surface area contributed by atoms with E-state index in [9.17, 15) is 14.4 Å². The van der Waals surface area contributed by atoms with Crippen LogP contribution in [0.4, 0.5) is 5.69 Å². The minimum absolute atomic E-state index is 0.0274. The monoisotopic (exact) mass is 450 g/mol. The summed E-state index contributed by atoms with van der Waals surface area (Å²) >= 11 is 0. The van der Waals surface area contributed by atoms with E-state index in [0.717, 1.165) is 31.5 Å². The van der Waals surface area contributed by atoms with Gasteiger partial charge in [0, 0.05) is 25.6 Å². The first kappa shape index (κ1) is 24.5. The fourth-order valence-corrected chi connectivity index (χ4v) is 3.97. The van der Waals surface area contributed by atoms with Gasteiger partial charge in [-0.25, -0.2) is 0 Å². The second kappa shape index (κ2) is 12.2. The largest absolute Gasteiger partial charge is 0.356 e. The van der Waals surface area contributed by atoms with Crippen LogP contribution in [0.1, 0.15) is 42.6 Å². The minimum atomic E-state index is -0.228. The molecule has 1 atom stereocenters. The summed E-state index contributed by atoms with van der Waals surface area (Å²) in [4.78, 5) is 39.4. The first-order chi connectivity index (χ1) is 15.9. The second-order valence-corrected chi connectivity index (χ2v) is 8.91. The molecule has 7 nitrogen and oxygen atoms in total. The Morgan fingerprint density at radius 3 is 2.48 bits per heavy atom. The molecule has 1 saturated heterocycles. The minimum Gasteiger partial charge on any atom is -0.356 e. The van der Waals surface area contributed by atoms with E-state index in [0.29, 0.717) is 30.3 Å². The highest BCUT2D eigenvalue weighted by Gasteiger charge is 2.23. The van der Waals surface area contributed by atoms with Gasteiger partial charge in [-0.1, -0.05) is 56.3 Å². The maximum absolute atomic E-state index is 12.7.